The minimum Gasteiger partial charge on any atom is -0.480 e. The summed E-state index contributed by atoms with van der Waals surface area (Å²) in [5.74, 6) is -0.0610. The van der Waals surface area contributed by atoms with Crippen molar-refractivity contribution in [3.63, 3.8) is 0 Å². The number of carbonyl (C=O) groups excluding carboxylic acids is 1. The Morgan fingerprint density at radius 1 is 1.06 bits per heavy atom. The van der Waals surface area contributed by atoms with Crippen LogP contribution in [0.25, 0.3) is 10.9 Å². The molecule has 33 heavy (non-hydrogen) atoms. The summed E-state index contributed by atoms with van der Waals surface area (Å²) in [5, 5.41) is 13.9. The van der Waals surface area contributed by atoms with Crippen molar-refractivity contribution < 1.29 is 19.4 Å². The fourth-order valence-electron chi connectivity index (χ4n) is 3.68. The largest absolute Gasteiger partial charge is 0.480 e. The van der Waals surface area contributed by atoms with Gasteiger partial charge in [-0.05, 0) is 62.6 Å². The summed E-state index contributed by atoms with van der Waals surface area (Å²) in [5.41, 5.74) is 2.45. The molecule has 1 unspecified atom stereocenters. The van der Waals surface area contributed by atoms with Gasteiger partial charge in [0, 0.05) is 35.0 Å². The third-order valence-electron chi connectivity index (χ3n) is 5.11. The Labute approximate surface area is 199 Å². The van der Waals surface area contributed by atoms with Gasteiger partial charge in [-0.15, -0.1) is 0 Å². The molecule has 3 rings (SSSR count). The fourth-order valence-corrected chi connectivity index (χ4v) is 4.85. The number of rotatable bonds is 11. The van der Waals surface area contributed by atoms with Gasteiger partial charge in [0.15, 0.2) is 0 Å². The molecule has 0 saturated carbocycles. The Balaban J connectivity index is 1.66. The molecular weight excluding hydrogens is 436 g/mol. The van der Waals surface area contributed by atoms with Crippen molar-refractivity contribution in [3.05, 3.63) is 66.4 Å². The molecule has 0 aliphatic carbocycles. The van der Waals surface area contributed by atoms with Crippen LogP contribution in [0.4, 0.5) is 5.69 Å². The first kappa shape index (κ1) is 24.7. The number of aromatic amines is 1. The molecule has 0 spiro atoms. The normalized spacial score (nSPS) is 13.4. The number of aromatic nitrogens is 1. The van der Waals surface area contributed by atoms with Crippen LogP contribution in [-0.4, -0.2) is 45.2 Å². The molecule has 0 bridgehead atoms. The number of carboxylic acid groups (broad SMARTS) is 1. The number of carboxylic acids is 1. The maximum atomic E-state index is 12.6. The molecule has 7 heteroatoms. The Morgan fingerprint density at radius 3 is 2.45 bits per heavy atom. The average Bonchev–Trinajstić information content (AvgIpc) is 3.15. The molecule has 1 heterocycles. The highest BCUT2D eigenvalue weighted by molar-refractivity contribution is 7.99. The van der Waals surface area contributed by atoms with Crippen molar-refractivity contribution in [1.82, 2.24) is 4.98 Å². The maximum absolute atomic E-state index is 12.6. The van der Waals surface area contributed by atoms with E-state index in [1.54, 1.807) is 11.8 Å². The van der Waals surface area contributed by atoms with Crippen molar-refractivity contribution in [2.24, 2.45) is 5.92 Å². The van der Waals surface area contributed by atoms with E-state index >= 15 is 0 Å². The number of thioether (sulfide) groups is 1. The number of anilines is 1. The summed E-state index contributed by atoms with van der Waals surface area (Å²) >= 11 is 1.54. The van der Waals surface area contributed by atoms with Gasteiger partial charge in [-0.25, -0.2) is 4.79 Å². The predicted octanol–water partition coefficient (Wildman–Crippen LogP) is 5.36. The quantitative estimate of drug-likeness (QED) is 0.328. The molecule has 0 aliphatic rings. The van der Waals surface area contributed by atoms with Gasteiger partial charge in [0.1, 0.15) is 11.6 Å². The monoisotopic (exact) mass is 468 g/mol. The van der Waals surface area contributed by atoms with Crippen LogP contribution in [0, 0.1) is 5.92 Å². The lowest BCUT2D eigenvalue weighted by molar-refractivity contribution is -0.155. The third-order valence-corrected chi connectivity index (χ3v) is 6.39. The number of ether oxygens (including phenoxy) is 1. The van der Waals surface area contributed by atoms with E-state index in [1.165, 1.54) is 0 Å². The van der Waals surface area contributed by atoms with Crippen molar-refractivity contribution in [2.75, 3.05) is 16.8 Å². The fraction of sp³-hybridized carbons (Fsp3) is 0.385. The second-order valence-corrected chi connectivity index (χ2v) is 10.2. The van der Waals surface area contributed by atoms with Crippen LogP contribution in [0.3, 0.4) is 0 Å². The smallest absolute Gasteiger partial charge is 0.326 e. The van der Waals surface area contributed by atoms with Gasteiger partial charge in [-0.3, -0.25) is 4.79 Å². The number of fused-ring (bicyclic) bond motifs is 1. The Morgan fingerprint density at radius 2 is 1.76 bits per heavy atom. The zero-order chi connectivity index (χ0) is 23.8. The lowest BCUT2D eigenvalue weighted by atomic mass is 9.97. The lowest BCUT2D eigenvalue weighted by Crippen LogP contribution is -2.32. The lowest BCUT2D eigenvalue weighted by Gasteiger charge is -2.23. The molecular formula is C26H32N2O4S. The van der Waals surface area contributed by atoms with Crippen LogP contribution >= 0.6 is 11.8 Å². The number of esters is 1. The summed E-state index contributed by atoms with van der Waals surface area (Å²) in [6.07, 6.45) is 2.99. The number of hydrogen-bond donors (Lipinski definition) is 3. The maximum Gasteiger partial charge on any atom is 0.326 e. The van der Waals surface area contributed by atoms with Crippen LogP contribution in [-0.2, 0) is 20.7 Å². The van der Waals surface area contributed by atoms with E-state index in [-0.39, 0.29) is 18.3 Å². The first-order chi connectivity index (χ1) is 15.7. The molecule has 3 N–H and O–H groups in total. The summed E-state index contributed by atoms with van der Waals surface area (Å²) in [7, 11) is 0. The van der Waals surface area contributed by atoms with Crippen LogP contribution in [0.2, 0.25) is 0 Å². The molecule has 1 aromatic heterocycles. The van der Waals surface area contributed by atoms with E-state index in [4.69, 9.17) is 4.74 Å². The van der Waals surface area contributed by atoms with E-state index in [1.807, 2.05) is 75.5 Å². The molecule has 0 amide bonds. The molecule has 2 aromatic carbocycles. The summed E-state index contributed by atoms with van der Waals surface area (Å²) < 4.78 is 5.56. The Kier molecular flexibility index (Phi) is 8.44. The Bertz CT molecular complexity index is 1060. The molecule has 2 atom stereocenters. The molecule has 0 fully saturated rings. The van der Waals surface area contributed by atoms with Gasteiger partial charge in [0.2, 0.25) is 0 Å². The molecule has 0 aliphatic heterocycles. The van der Waals surface area contributed by atoms with Crippen LogP contribution < -0.4 is 5.32 Å². The van der Waals surface area contributed by atoms with Crippen molar-refractivity contribution in [3.8, 4) is 0 Å². The first-order valence-electron chi connectivity index (χ1n) is 11.1. The number of hydrogen-bond acceptors (Lipinski definition) is 5. The first-order valence-corrected chi connectivity index (χ1v) is 12.3. The van der Waals surface area contributed by atoms with Crippen molar-refractivity contribution in [1.29, 1.82) is 0 Å². The van der Waals surface area contributed by atoms with Gasteiger partial charge in [-0.2, -0.15) is 11.8 Å². The topological polar surface area (TPSA) is 91.4 Å². The van der Waals surface area contributed by atoms with Gasteiger partial charge >= 0.3 is 11.9 Å². The number of para-hydroxylation sites is 2. The zero-order valence-corrected chi connectivity index (χ0v) is 20.2. The molecule has 6 nitrogen and oxygen atoms in total. The number of H-pyrrole nitrogens is 1. The SMILES string of the molecule is CC(C)(C)OC(=O)C[C@H](CSCC(Nc1ccccc1)C(=O)O)Cc1c[nH]c2ccccc12. The van der Waals surface area contributed by atoms with Crippen LogP contribution in [0.1, 0.15) is 32.8 Å². The number of carbonyl (C=O) groups is 2. The number of aliphatic carboxylic acids is 1. The minimum absolute atomic E-state index is 0.0234. The van der Waals surface area contributed by atoms with Gasteiger partial charge in [0.05, 0.1) is 0 Å². The Hall–Kier alpha value is -2.93. The molecule has 0 saturated heterocycles. The van der Waals surface area contributed by atoms with Crippen LogP contribution in [0.15, 0.2) is 60.8 Å². The van der Waals surface area contributed by atoms with E-state index < -0.39 is 17.6 Å². The molecule has 176 valence electrons. The zero-order valence-electron chi connectivity index (χ0n) is 19.3. The van der Waals surface area contributed by atoms with E-state index in [0.717, 1.165) is 22.2 Å². The summed E-state index contributed by atoms with van der Waals surface area (Å²) in [6, 6.07) is 16.7. The summed E-state index contributed by atoms with van der Waals surface area (Å²) in [4.78, 5) is 27.6. The third kappa shape index (κ3) is 7.86. The minimum atomic E-state index is -0.897. The standard InChI is InChI=1S/C26H32N2O4S/c1-26(2,3)32-24(29)14-18(13-19-15-27-22-12-8-7-11-21(19)22)16-33-17-23(25(30)31)28-20-9-5-4-6-10-20/h4-12,15,18,23,27-28H,13-14,16-17H2,1-3H3,(H,30,31)/t18-,23?/m1/s1. The average molecular weight is 469 g/mol. The van der Waals surface area contributed by atoms with Gasteiger partial charge < -0.3 is 20.1 Å². The van der Waals surface area contributed by atoms with Gasteiger partial charge in [-0.1, -0.05) is 36.4 Å². The second kappa shape index (κ2) is 11.3. The van der Waals surface area contributed by atoms with E-state index in [9.17, 15) is 14.7 Å². The molecule has 3 aromatic rings. The predicted molar refractivity (Wildman–Crippen MR) is 135 cm³/mol. The number of nitrogens with one attached hydrogen (secondary N) is 2. The number of benzene rings is 2. The van der Waals surface area contributed by atoms with Gasteiger partial charge in [0.25, 0.3) is 0 Å². The second-order valence-electron chi connectivity index (χ2n) is 9.16. The summed E-state index contributed by atoms with van der Waals surface area (Å²) in [6.45, 7) is 5.59. The molecule has 0 radical (unpaired) electrons. The van der Waals surface area contributed by atoms with E-state index in [2.05, 4.69) is 16.4 Å². The highest BCUT2D eigenvalue weighted by Crippen LogP contribution is 2.26. The van der Waals surface area contributed by atoms with Crippen molar-refractivity contribution >= 4 is 40.3 Å². The van der Waals surface area contributed by atoms with Crippen LogP contribution in [0.5, 0.6) is 0 Å². The van der Waals surface area contributed by atoms with Crippen molar-refractivity contribution in [2.45, 2.75) is 45.3 Å². The highest BCUT2D eigenvalue weighted by atomic mass is 32.2. The van der Waals surface area contributed by atoms with E-state index in [0.29, 0.717) is 17.9 Å². The highest BCUT2D eigenvalue weighted by Gasteiger charge is 2.23.